The Kier molecular flexibility index (Phi) is 6.88. The van der Waals surface area contributed by atoms with E-state index in [0.717, 1.165) is 14.7 Å². The van der Waals surface area contributed by atoms with E-state index in [1.807, 2.05) is 13.0 Å². The second kappa shape index (κ2) is 9.57. The first-order valence-corrected chi connectivity index (χ1v) is 9.97. The quantitative estimate of drug-likeness (QED) is 0.226. The van der Waals surface area contributed by atoms with E-state index in [4.69, 9.17) is 13.9 Å². The molecule has 1 N–H and O–H groups in total. The van der Waals surface area contributed by atoms with Gasteiger partial charge in [-0.15, -0.1) is 0 Å². The van der Waals surface area contributed by atoms with Crippen molar-refractivity contribution < 1.29 is 23.5 Å². The molecule has 3 aromatic rings. The van der Waals surface area contributed by atoms with Gasteiger partial charge < -0.3 is 13.9 Å². The summed E-state index contributed by atoms with van der Waals surface area (Å²) in [7, 11) is 2.89. The van der Waals surface area contributed by atoms with Gasteiger partial charge in [0.25, 0.3) is 5.91 Å². The van der Waals surface area contributed by atoms with Crippen LogP contribution in [0, 0.1) is 10.5 Å². The van der Waals surface area contributed by atoms with E-state index < -0.39 is 5.97 Å². The average molecular weight is 518 g/mol. The maximum atomic E-state index is 12.3. The van der Waals surface area contributed by atoms with Gasteiger partial charge in [0.05, 0.1) is 29.6 Å². The Labute approximate surface area is 187 Å². The number of carbonyl (C=O) groups excluding carboxylic acids is 2. The second-order valence-corrected chi connectivity index (χ2v) is 7.38. The van der Waals surface area contributed by atoms with Crippen molar-refractivity contribution in [2.75, 3.05) is 14.2 Å². The van der Waals surface area contributed by atoms with Crippen molar-refractivity contribution in [2.45, 2.75) is 6.92 Å². The lowest BCUT2D eigenvalue weighted by Crippen LogP contribution is -2.17. The van der Waals surface area contributed by atoms with Crippen molar-refractivity contribution in [1.82, 2.24) is 5.43 Å². The highest BCUT2D eigenvalue weighted by atomic mass is 127. The molecule has 0 aliphatic carbocycles. The molecule has 0 bridgehead atoms. The van der Waals surface area contributed by atoms with E-state index in [1.165, 1.54) is 13.3 Å². The van der Waals surface area contributed by atoms with E-state index in [1.54, 1.807) is 49.6 Å². The van der Waals surface area contributed by atoms with Crippen LogP contribution in [0.2, 0.25) is 0 Å². The summed E-state index contributed by atoms with van der Waals surface area (Å²) >= 11 is 2.13. The molecule has 1 aromatic heterocycles. The molecule has 1 heterocycles. The minimum absolute atomic E-state index is 0.366. The van der Waals surface area contributed by atoms with Gasteiger partial charge in [-0.2, -0.15) is 5.10 Å². The Morgan fingerprint density at radius 2 is 1.93 bits per heavy atom. The Hall–Kier alpha value is -3.14. The maximum absolute atomic E-state index is 12.3. The number of nitrogens with zero attached hydrogens (tertiary/aromatic N) is 1. The number of carbonyl (C=O) groups is 2. The molecule has 0 fully saturated rings. The molecule has 0 spiro atoms. The summed E-state index contributed by atoms with van der Waals surface area (Å²) in [6.07, 6.45) is 1.41. The molecule has 154 valence electrons. The number of amides is 1. The van der Waals surface area contributed by atoms with Gasteiger partial charge in [0.2, 0.25) is 0 Å². The van der Waals surface area contributed by atoms with Crippen molar-refractivity contribution in [3.05, 3.63) is 74.6 Å². The zero-order chi connectivity index (χ0) is 21.7. The van der Waals surface area contributed by atoms with Gasteiger partial charge in [-0.25, -0.2) is 10.2 Å². The first-order valence-electron chi connectivity index (χ1n) is 8.89. The van der Waals surface area contributed by atoms with Crippen molar-refractivity contribution in [3.8, 4) is 17.1 Å². The summed E-state index contributed by atoms with van der Waals surface area (Å²) in [4.78, 5) is 24.1. The van der Waals surface area contributed by atoms with Crippen molar-refractivity contribution in [1.29, 1.82) is 0 Å². The number of hydrogen-bond acceptors (Lipinski definition) is 6. The third-order valence-electron chi connectivity index (χ3n) is 4.40. The highest BCUT2D eigenvalue weighted by molar-refractivity contribution is 14.1. The lowest BCUT2D eigenvalue weighted by Gasteiger charge is -2.07. The SMILES string of the molecule is COC(=O)c1cccc(-c2ccc(/C=N\NC(=O)c3ccc(I)c(OC)c3)o2)c1C. The Bertz CT molecular complexity index is 1120. The predicted molar refractivity (Wildman–Crippen MR) is 121 cm³/mol. The monoisotopic (exact) mass is 518 g/mol. The highest BCUT2D eigenvalue weighted by Crippen LogP contribution is 2.27. The van der Waals surface area contributed by atoms with Gasteiger partial charge in [-0.05, 0) is 71.5 Å². The summed E-state index contributed by atoms with van der Waals surface area (Å²) in [6.45, 7) is 1.83. The third-order valence-corrected chi connectivity index (χ3v) is 5.29. The zero-order valence-electron chi connectivity index (χ0n) is 16.6. The normalized spacial score (nSPS) is 10.8. The van der Waals surface area contributed by atoms with Gasteiger partial charge in [-0.3, -0.25) is 4.79 Å². The number of hydrogen-bond donors (Lipinski definition) is 1. The lowest BCUT2D eigenvalue weighted by atomic mass is 10.0. The van der Waals surface area contributed by atoms with Gasteiger partial charge >= 0.3 is 5.97 Å². The van der Waals surface area contributed by atoms with Crippen LogP contribution in [-0.2, 0) is 4.74 Å². The van der Waals surface area contributed by atoms with Gasteiger partial charge in [0, 0.05) is 11.1 Å². The van der Waals surface area contributed by atoms with Gasteiger partial charge in [0.15, 0.2) is 0 Å². The van der Waals surface area contributed by atoms with E-state index in [9.17, 15) is 9.59 Å². The van der Waals surface area contributed by atoms with Gasteiger partial charge in [-0.1, -0.05) is 12.1 Å². The number of methoxy groups -OCH3 is 2. The fourth-order valence-electron chi connectivity index (χ4n) is 2.82. The molecule has 0 atom stereocenters. The Balaban J connectivity index is 1.72. The van der Waals surface area contributed by atoms with E-state index in [2.05, 4.69) is 33.1 Å². The maximum Gasteiger partial charge on any atom is 0.338 e. The summed E-state index contributed by atoms with van der Waals surface area (Å²) < 4.78 is 16.7. The minimum atomic E-state index is -0.405. The largest absolute Gasteiger partial charge is 0.496 e. The topological polar surface area (TPSA) is 90.1 Å². The van der Waals surface area contributed by atoms with Crippen LogP contribution in [-0.4, -0.2) is 32.3 Å². The zero-order valence-corrected chi connectivity index (χ0v) is 18.7. The van der Waals surface area contributed by atoms with Crippen LogP contribution in [0.3, 0.4) is 0 Å². The Morgan fingerprint density at radius 3 is 2.67 bits per heavy atom. The van der Waals surface area contributed by atoms with Crippen molar-refractivity contribution >= 4 is 40.7 Å². The highest BCUT2D eigenvalue weighted by Gasteiger charge is 2.15. The molecule has 7 nitrogen and oxygen atoms in total. The van der Waals surface area contributed by atoms with E-state index in [0.29, 0.717) is 28.4 Å². The third kappa shape index (κ3) is 4.70. The molecule has 0 radical (unpaired) electrons. The molecule has 0 saturated carbocycles. The molecule has 2 aromatic carbocycles. The summed E-state index contributed by atoms with van der Waals surface area (Å²) in [5, 5.41) is 3.95. The number of halogens is 1. The molecule has 30 heavy (non-hydrogen) atoms. The van der Waals surface area contributed by atoms with Gasteiger partial charge in [0.1, 0.15) is 17.3 Å². The van der Waals surface area contributed by atoms with Crippen LogP contribution in [0.25, 0.3) is 11.3 Å². The number of ether oxygens (including phenoxy) is 2. The number of rotatable bonds is 6. The van der Waals surface area contributed by atoms with Crippen molar-refractivity contribution in [2.24, 2.45) is 5.10 Å². The second-order valence-electron chi connectivity index (χ2n) is 6.22. The first kappa shape index (κ1) is 21.6. The Morgan fingerprint density at radius 1 is 1.13 bits per heavy atom. The smallest absolute Gasteiger partial charge is 0.338 e. The molecule has 8 heteroatoms. The molecule has 0 aliphatic rings. The standard InChI is InChI=1S/C22H19IN2O5/c1-13-16(5-4-6-17(13)22(27)29-3)19-10-8-15(30-19)12-24-25-21(26)14-7-9-18(23)20(11-14)28-2/h4-12H,1-3H3,(H,25,26)/b24-12-. The molecule has 0 aliphatic heterocycles. The van der Waals surface area contributed by atoms with E-state index >= 15 is 0 Å². The molecule has 3 rings (SSSR count). The van der Waals surface area contributed by atoms with Crippen LogP contribution in [0.5, 0.6) is 5.75 Å². The molecule has 0 unspecified atom stereocenters. The fourth-order valence-corrected chi connectivity index (χ4v) is 3.38. The fraction of sp³-hybridized carbons (Fsp3) is 0.136. The first-order chi connectivity index (χ1) is 14.4. The van der Waals surface area contributed by atoms with Crippen LogP contribution in [0.1, 0.15) is 32.0 Å². The number of hydrazone groups is 1. The van der Waals surface area contributed by atoms with Crippen LogP contribution in [0.4, 0.5) is 0 Å². The minimum Gasteiger partial charge on any atom is -0.496 e. The molecule has 1 amide bonds. The van der Waals surface area contributed by atoms with E-state index in [-0.39, 0.29) is 5.91 Å². The molecular formula is C22H19IN2O5. The lowest BCUT2D eigenvalue weighted by molar-refractivity contribution is 0.0600. The van der Waals surface area contributed by atoms with Crippen LogP contribution in [0.15, 0.2) is 58.0 Å². The number of furan rings is 1. The molecular weight excluding hydrogens is 499 g/mol. The summed E-state index contributed by atoms with van der Waals surface area (Å²) in [5.41, 5.74) is 4.89. The predicted octanol–water partition coefficient (Wildman–Crippen LogP) is 4.42. The summed E-state index contributed by atoms with van der Waals surface area (Å²) in [5.74, 6) is 0.876. The number of esters is 1. The van der Waals surface area contributed by atoms with Crippen LogP contribution < -0.4 is 10.2 Å². The van der Waals surface area contributed by atoms with Crippen LogP contribution >= 0.6 is 22.6 Å². The van der Waals surface area contributed by atoms with Crippen molar-refractivity contribution in [3.63, 3.8) is 0 Å². The molecule has 0 saturated heterocycles. The number of benzene rings is 2. The average Bonchev–Trinajstić information content (AvgIpc) is 3.22. The number of nitrogens with one attached hydrogen (secondary N) is 1. The summed E-state index contributed by atoms with van der Waals surface area (Å²) in [6, 6.07) is 14.0.